The van der Waals surface area contributed by atoms with Gasteiger partial charge in [-0.25, -0.2) is 0 Å². The van der Waals surface area contributed by atoms with Crippen LogP contribution in [0.25, 0.3) is 0 Å². The number of aryl methyl sites for hydroxylation is 1. The van der Waals surface area contributed by atoms with Gasteiger partial charge in [0.25, 0.3) is 0 Å². The third-order valence-corrected chi connectivity index (χ3v) is 4.37. The molecule has 1 aromatic carbocycles. The Balaban J connectivity index is 2.46. The Bertz CT molecular complexity index is 462. The molecule has 106 valence electrons. The highest BCUT2D eigenvalue weighted by atomic mass is 16.5. The lowest BCUT2D eigenvalue weighted by Crippen LogP contribution is -2.48. The first-order chi connectivity index (χ1) is 9.05. The maximum Gasteiger partial charge on any atom is 0.122 e. The topological polar surface area (TPSA) is 38.7 Å². The van der Waals surface area contributed by atoms with Crippen molar-refractivity contribution in [2.75, 3.05) is 26.9 Å². The predicted molar refractivity (Wildman–Crippen MR) is 76.0 cm³/mol. The summed E-state index contributed by atoms with van der Waals surface area (Å²) in [6.07, 6.45) is 1.81. The molecule has 0 unspecified atom stereocenters. The Kier molecular flexibility index (Phi) is 4.16. The Morgan fingerprint density at radius 1 is 1.26 bits per heavy atom. The molecule has 0 amide bonds. The number of aliphatic hydroxyl groups is 1. The first kappa shape index (κ1) is 14.4. The molecule has 19 heavy (non-hydrogen) atoms. The maximum atomic E-state index is 9.11. The largest absolute Gasteiger partial charge is 0.496 e. The van der Waals surface area contributed by atoms with Gasteiger partial charge in [0.05, 0.1) is 20.3 Å². The van der Waals surface area contributed by atoms with E-state index in [1.807, 2.05) is 0 Å². The van der Waals surface area contributed by atoms with Gasteiger partial charge in [-0.3, -0.25) is 0 Å². The van der Waals surface area contributed by atoms with E-state index in [9.17, 15) is 0 Å². The monoisotopic (exact) mass is 264 g/mol. The van der Waals surface area contributed by atoms with Crippen molar-refractivity contribution in [1.82, 2.24) is 0 Å². The standard InChI is InChI=1S/C16H24O3/c1-11-8-14(18-4)12(2)13(3)15(11)16(6-5-7-17)9-19-10-16/h8,17H,5-7,9-10H2,1-4H3. The Hall–Kier alpha value is -1.06. The summed E-state index contributed by atoms with van der Waals surface area (Å²) >= 11 is 0. The average Bonchev–Trinajstić information content (AvgIpc) is 2.35. The molecule has 3 heteroatoms. The molecule has 0 aliphatic carbocycles. The van der Waals surface area contributed by atoms with E-state index >= 15 is 0 Å². The second-order valence-electron chi connectivity index (χ2n) is 5.62. The van der Waals surface area contributed by atoms with E-state index in [1.54, 1.807) is 7.11 Å². The molecular weight excluding hydrogens is 240 g/mol. The highest BCUT2D eigenvalue weighted by Crippen LogP contribution is 2.42. The van der Waals surface area contributed by atoms with E-state index in [-0.39, 0.29) is 12.0 Å². The maximum absolute atomic E-state index is 9.11. The zero-order valence-corrected chi connectivity index (χ0v) is 12.4. The Morgan fingerprint density at radius 2 is 1.95 bits per heavy atom. The molecule has 0 bridgehead atoms. The minimum atomic E-state index is 0.0912. The molecule has 3 nitrogen and oxygen atoms in total. The van der Waals surface area contributed by atoms with Crippen LogP contribution in [-0.2, 0) is 10.2 Å². The van der Waals surface area contributed by atoms with Gasteiger partial charge in [-0.05, 0) is 61.9 Å². The molecule has 0 atom stereocenters. The first-order valence-corrected chi connectivity index (χ1v) is 6.89. The van der Waals surface area contributed by atoms with Gasteiger partial charge in [0.15, 0.2) is 0 Å². The van der Waals surface area contributed by atoms with Crippen molar-refractivity contribution >= 4 is 0 Å². The van der Waals surface area contributed by atoms with Crippen LogP contribution in [0.5, 0.6) is 5.75 Å². The lowest BCUT2D eigenvalue weighted by molar-refractivity contribution is -0.0671. The number of hydrogen-bond acceptors (Lipinski definition) is 3. The number of ether oxygens (including phenoxy) is 2. The van der Waals surface area contributed by atoms with Crippen LogP contribution in [0.3, 0.4) is 0 Å². The van der Waals surface area contributed by atoms with E-state index < -0.39 is 0 Å². The molecule has 1 aromatic rings. The smallest absolute Gasteiger partial charge is 0.122 e. The van der Waals surface area contributed by atoms with Gasteiger partial charge >= 0.3 is 0 Å². The number of rotatable bonds is 5. The molecule has 0 saturated carbocycles. The highest BCUT2D eigenvalue weighted by Gasteiger charge is 2.42. The number of hydrogen-bond donors (Lipinski definition) is 1. The molecule has 0 spiro atoms. The van der Waals surface area contributed by atoms with E-state index in [4.69, 9.17) is 14.6 Å². The average molecular weight is 264 g/mol. The minimum Gasteiger partial charge on any atom is -0.496 e. The SMILES string of the molecule is COc1cc(C)c(C2(CCCO)COC2)c(C)c1C. The lowest BCUT2D eigenvalue weighted by atomic mass is 9.71. The lowest BCUT2D eigenvalue weighted by Gasteiger charge is -2.44. The van der Waals surface area contributed by atoms with Crippen LogP contribution in [0, 0.1) is 20.8 Å². The molecule has 2 rings (SSSR count). The summed E-state index contributed by atoms with van der Waals surface area (Å²) in [5.74, 6) is 0.955. The van der Waals surface area contributed by atoms with Crippen molar-refractivity contribution in [2.24, 2.45) is 0 Å². The van der Waals surface area contributed by atoms with Crippen molar-refractivity contribution in [2.45, 2.75) is 39.0 Å². The van der Waals surface area contributed by atoms with Gasteiger partial charge < -0.3 is 14.6 Å². The molecular formula is C16H24O3. The highest BCUT2D eigenvalue weighted by molar-refractivity contribution is 5.52. The van der Waals surface area contributed by atoms with Crippen LogP contribution in [0.4, 0.5) is 0 Å². The fourth-order valence-corrected chi connectivity index (χ4v) is 3.25. The molecule has 1 fully saturated rings. The Morgan fingerprint density at radius 3 is 2.42 bits per heavy atom. The van der Waals surface area contributed by atoms with E-state index in [1.165, 1.54) is 22.3 Å². The Labute approximate surface area is 115 Å². The number of benzene rings is 1. The quantitative estimate of drug-likeness (QED) is 0.888. The molecule has 0 aromatic heterocycles. The minimum absolute atomic E-state index is 0.0912. The molecule has 1 aliphatic heterocycles. The third kappa shape index (κ3) is 2.37. The summed E-state index contributed by atoms with van der Waals surface area (Å²) < 4.78 is 10.9. The van der Waals surface area contributed by atoms with Crippen LogP contribution in [-0.4, -0.2) is 32.0 Å². The van der Waals surface area contributed by atoms with Crippen LogP contribution < -0.4 is 4.74 Å². The third-order valence-electron chi connectivity index (χ3n) is 4.37. The van der Waals surface area contributed by atoms with Crippen molar-refractivity contribution in [3.63, 3.8) is 0 Å². The van der Waals surface area contributed by atoms with Crippen molar-refractivity contribution in [1.29, 1.82) is 0 Å². The zero-order chi connectivity index (χ0) is 14.0. The van der Waals surface area contributed by atoms with Gasteiger partial charge in [-0.2, -0.15) is 0 Å². The molecule has 1 heterocycles. The summed E-state index contributed by atoms with van der Waals surface area (Å²) in [5.41, 5.74) is 5.26. The normalized spacial score (nSPS) is 17.1. The van der Waals surface area contributed by atoms with Gasteiger partial charge in [0.2, 0.25) is 0 Å². The van der Waals surface area contributed by atoms with Crippen molar-refractivity contribution in [3.8, 4) is 5.75 Å². The summed E-state index contributed by atoms with van der Waals surface area (Å²) in [6.45, 7) is 8.19. The van der Waals surface area contributed by atoms with Crippen molar-refractivity contribution in [3.05, 3.63) is 28.3 Å². The molecule has 1 aliphatic rings. The van der Waals surface area contributed by atoms with Gasteiger partial charge in [-0.1, -0.05) is 0 Å². The summed E-state index contributed by atoms with van der Waals surface area (Å²) in [6, 6.07) is 2.12. The summed E-state index contributed by atoms with van der Waals surface area (Å²) in [7, 11) is 1.72. The summed E-state index contributed by atoms with van der Waals surface area (Å²) in [5, 5.41) is 9.11. The van der Waals surface area contributed by atoms with Gasteiger partial charge in [-0.15, -0.1) is 0 Å². The van der Waals surface area contributed by atoms with E-state index in [0.29, 0.717) is 0 Å². The van der Waals surface area contributed by atoms with E-state index in [0.717, 1.165) is 31.8 Å². The number of aliphatic hydroxyl groups excluding tert-OH is 1. The number of methoxy groups -OCH3 is 1. The second kappa shape index (κ2) is 5.51. The first-order valence-electron chi connectivity index (χ1n) is 6.89. The van der Waals surface area contributed by atoms with Gasteiger partial charge in [0.1, 0.15) is 5.75 Å². The van der Waals surface area contributed by atoms with E-state index in [2.05, 4.69) is 26.8 Å². The van der Waals surface area contributed by atoms with Crippen molar-refractivity contribution < 1.29 is 14.6 Å². The molecule has 0 radical (unpaired) electrons. The van der Waals surface area contributed by atoms with Crippen LogP contribution in [0.1, 0.15) is 35.1 Å². The molecule has 1 saturated heterocycles. The summed E-state index contributed by atoms with van der Waals surface area (Å²) in [4.78, 5) is 0. The fraction of sp³-hybridized carbons (Fsp3) is 0.625. The van der Waals surface area contributed by atoms with Crippen LogP contribution in [0.15, 0.2) is 6.07 Å². The van der Waals surface area contributed by atoms with Gasteiger partial charge in [0, 0.05) is 12.0 Å². The molecule has 1 N–H and O–H groups in total. The predicted octanol–water partition coefficient (Wildman–Crippen LogP) is 2.66. The fourth-order valence-electron chi connectivity index (χ4n) is 3.25. The zero-order valence-electron chi connectivity index (χ0n) is 12.4. The van der Waals surface area contributed by atoms with Crippen LogP contribution >= 0.6 is 0 Å². The van der Waals surface area contributed by atoms with Crippen LogP contribution in [0.2, 0.25) is 0 Å². The second-order valence-corrected chi connectivity index (χ2v) is 5.62.